The van der Waals surface area contributed by atoms with Gasteiger partial charge in [-0.15, -0.1) is 0 Å². The normalized spacial score (nSPS) is 33.9. The van der Waals surface area contributed by atoms with Crippen molar-refractivity contribution in [1.82, 2.24) is 0 Å². The number of carbonyl (C=O) groups is 3. The predicted molar refractivity (Wildman–Crippen MR) is 136 cm³/mol. The van der Waals surface area contributed by atoms with Gasteiger partial charge in [0, 0.05) is 31.6 Å². The van der Waals surface area contributed by atoms with Gasteiger partial charge in [-0.05, 0) is 97.6 Å². The second-order valence-electron chi connectivity index (χ2n) is 11.5. The maximum absolute atomic E-state index is 12.8. The van der Waals surface area contributed by atoms with Gasteiger partial charge in [0.2, 0.25) is 0 Å². The van der Waals surface area contributed by atoms with Crippen LogP contribution in [0.25, 0.3) is 0 Å². The van der Waals surface area contributed by atoms with Crippen molar-refractivity contribution in [3.05, 3.63) is 52.6 Å². The van der Waals surface area contributed by atoms with E-state index in [0.717, 1.165) is 43.4 Å². The second kappa shape index (κ2) is 8.76. The van der Waals surface area contributed by atoms with Crippen molar-refractivity contribution in [1.29, 1.82) is 0 Å². The summed E-state index contributed by atoms with van der Waals surface area (Å²) >= 11 is 0. The number of hydrogen-bond donors (Lipinski definition) is 0. The lowest BCUT2D eigenvalue weighted by Gasteiger charge is -2.52. The minimum atomic E-state index is -0.747. The van der Waals surface area contributed by atoms with Gasteiger partial charge in [0.05, 0.1) is 7.11 Å². The molecule has 0 bridgehead atoms. The highest BCUT2D eigenvalue weighted by atomic mass is 16.5. The Bertz CT molecular complexity index is 1130. The summed E-state index contributed by atoms with van der Waals surface area (Å²) in [5.74, 6) is 0.146. The molecule has 0 amide bonds. The first kappa shape index (κ1) is 24.0. The Morgan fingerprint density at radius 2 is 1.80 bits per heavy atom. The number of Topliss-reactive ketones (excluding diaryl/α,β-unsaturated/α-hetero) is 1. The summed E-state index contributed by atoms with van der Waals surface area (Å²) in [6, 6.07) is 8.80. The third-order valence-electron chi connectivity index (χ3n) is 9.63. The highest BCUT2D eigenvalue weighted by Gasteiger charge is 2.57. The van der Waals surface area contributed by atoms with Crippen LogP contribution in [0, 0.1) is 29.1 Å². The Morgan fingerprint density at radius 1 is 1.09 bits per heavy atom. The van der Waals surface area contributed by atoms with Gasteiger partial charge in [-0.1, -0.05) is 24.6 Å². The number of anilines is 1. The summed E-state index contributed by atoms with van der Waals surface area (Å²) in [7, 11) is 5.45. The molecule has 1 unspecified atom stereocenters. The number of ether oxygens (including phenoxy) is 1. The molecule has 5 heteroatoms. The van der Waals surface area contributed by atoms with E-state index in [1.165, 1.54) is 23.8 Å². The second-order valence-corrected chi connectivity index (χ2v) is 11.5. The van der Waals surface area contributed by atoms with Gasteiger partial charge >= 0.3 is 5.97 Å². The molecule has 6 atom stereocenters. The van der Waals surface area contributed by atoms with Crippen molar-refractivity contribution in [2.75, 3.05) is 26.1 Å². The molecule has 0 saturated heterocycles. The lowest BCUT2D eigenvalue weighted by molar-refractivity contribution is -0.148. The Hall–Kier alpha value is -2.69. The number of esters is 1. The predicted octanol–water partition coefficient (Wildman–Crippen LogP) is 5.26. The fraction of sp³-hybridized carbons (Fsp3) is 0.567. The van der Waals surface area contributed by atoms with E-state index in [-0.39, 0.29) is 23.0 Å². The number of nitrogens with zero attached hydrogens (tertiary/aromatic N) is 1. The van der Waals surface area contributed by atoms with Crippen LogP contribution in [0.4, 0.5) is 5.69 Å². The molecule has 4 aliphatic carbocycles. The Kier molecular flexibility index (Phi) is 6.01. The largest absolute Gasteiger partial charge is 0.468 e. The molecule has 2 saturated carbocycles. The van der Waals surface area contributed by atoms with Crippen LogP contribution in [0.5, 0.6) is 0 Å². The molecule has 0 radical (unpaired) electrons. The molecular weight excluding hydrogens is 438 g/mol. The summed E-state index contributed by atoms with van der Waals surface area (Å²) in [5, 5.41) is 0. The Balaban J connectivity index is 1.66. The maximum Gasteiger partial charge on any atom is 0.316 e. The quantitative estimate of drug-likeness (QED) is 0.439. The van der Waals surface area contributed by atoms with Gasteiger partial charge in [0.25, 0.3) is 0 Å². The molecule has 5 nitrogen and oxygen atoms in total. The highest BCUT2D eigenvalue weighted by Crippen LogP contribution is 2.65. The van der Waals surface area contributed by atoms with Gasteiger partial charge in [-0.3, -0.25) is 14.4 Å². The van der Waals surface area contributed by atoms with Crippen LogP contribution in [0.1, 0.15) is 63.9 Å². The van der Waals surface area contributed by atoms with Gasteiger partial charge in [0.15, 0.2) is 5.78 Å². The number of allylic oxidation sites excluding steroid dienone is 4. The van der Waals surface area contributed by atoms with Crippen LogP contribution in [-0.2, 0) is 19.1 Å². The van der Waals surface area contributed by atoms with Crippen molar-refractivity contribution in [2.45, 2.75) is 58.3 Å². The lowest BCUT2D eigenvalue weighted by atomic mass is 9.51. The monoisotopic (exact) mass is 475 g/mol. The van der Waals surface area contributed by atoms with Crippen LogP contribution in [-0.4, -0.2) is 38.7 Å². The third-order valence-corrected chi connectivity index (χ3v) is 9.63. The first-order valence-corrected chi connectivity index (χ1v) is 13.0. The van der Waals surface area contributed by atoms with Crippen LogP contribution < -0.4 is 4.90 Å². The first-order valence-electron chi connectivity index (χ1n) is 13.0. The number of rotatable bonds is 4. The summed E-state index contributed by atoms with van der Waals surface area (Å²) in [5.41, 5.74) is 6.15. The van der Waals surface area contributed by atoms with Gasteiger partial charge in [0.1, 0.15) is 11.7 Å². The van der Waals surface area contributed by atoms with E-state index in [1.807, 2.05) is 14.1 Å². The summed E-state index contributed by atoms with van der Waals surface area (Å²) < 4.78 is 4.99. The first-order chi connectivity index (χ1) is 16.7. The van der Waals surface area contributed by atoms with Crippen molar-refractivity contribution in [3.8, 4) is 0 Å². The van der Waals surface area contributed by atoms with E-state index in [2.05, 4.69) is 36.1 Å². The van der Waals surface area contributed by atoms with E-state index in [0.29, 0.717) is 24.0 Å². The standard InChI is InChI=1S/C30H37NO4/c1-17(32)25-12-13-26-21-11-8-19-14-27(33)23(29(34)35-5)15-22(19)28(21)24(16-30(25,26)2)18-6-9-20(10-7-18)31(3)4/h6-7,9-10,14,21,23-26H,8,11-13,15-16H2,1-5H3/t21-,23?,24+,25+,26-,30+/m0/s1. The van der Waals surface area contributed by atoms with Gasteiger partial charge < -0.3 is 9.64 Å². The SMILES string of the molecule is COC(=O)C1CC2=C3[C@@H](CCC2=CC1=O)[C@@H]1CC[C@H](C(C)=O)[C@@]1(C)C[C@@H]3c1ccc(N(C)C)cc1. The molecule has 35 heavy (non-hydrogen) atoms. The van der Waals surface area contributed by atoms with Crippen LogP contribution in [0.2, 0.25) is 0 Å². The number of benzene rings is 1. The molecule has 186 valence electrons. The van der Waals surface area contributed by atoms with Crippen LogP contribution in [0.15, 0.2) is 47.1 Å². The minimum absolute atomic E-state index is 0.0289. The summed E-state index contributed by atoms with van der Waals surface area (Å²) in [6.45, 7) is 4.12. The van der Waals surface area contributed by atoms with Crippen LogP contribution in [0.3, 0.4) is 0 Å². The number of hydrogen-bond acceptors (Lipinski definition) is 5. The molecule has 0 heterocycles. The summed E-state index contributed by atoms with van der Waals surface area (Å²) in [6.07, 6.45) is 7.01. The molecule has 1 aromatic rings. The van der Waals surface area contributed by atoms with Gasteiger partial charge in [-0.25, -0.2) is 0 Å². The molecule has 0 aromatic heterocycles. The number of carbonyl (C=O) groups excluding carboxylic acids is 3. The lowest BCUT2D eigenvalue weighted by Crippen LogP contribution is -2.45. The third kappa shape index (κ3) is 3.78. The van der Waals surface area contributed by atoms with E-state index < -0.39 is 11.9 Å². The Morgan fingerprint density at radius 3 is 2.43 bits per heavy atom. The van der Waals surface area contributed by atoms with Crippen molar-refractivity contribution in [2.24, 2.45) is 29.1 Å². The molecular formula is C30H37NO4. The average Bonchev–Trinajstić information content (AvgIpc) is 3.19. The zero-order valence-electron chi connectivity index (χ0n) is 21.6. The number of methoxy groups -OCH3 is 1. The maximum atomic E-state index is 12.8. The molecule has 0 spiro atoms. The van der Waals surface area contributed by atoms with Crippen molar-refractivity contribution < 1.29 is 19.1 Å². The zero-order chi connectivity index (χ0) is 25.1. The molecule has 1 aromatic carbocycles. The fourth-order valence-corrected chi connectivity index (χ4v) is 7.98. The smallest absolute Gasteiger partial charge is 0.316 e. The average molecular weight is 476 g/mol. The topological polar surface area (TPSA) is 63.7 Å². The van der Waals surface area contributed by atoms with E-state index >= 15 is 0 Å². The number of ketones is 2. The van der Waals surface area contributed by atoms with E-state index in [9.17, 15) is 14.4 Å². The molecule has 4 aliphatic rings. The molecule has 2 fully saturated rings. The van der Waals surface area contributed by atoms with Crippen LogP contribution >= 0.6 is 0 Å². The minimum Gasteiger partial charge on any atom is -0.468 e. The van der Waals surface area contributed by atoms with Crippen molar-refractivity contribution >= 4 is 23.2 Å². The fourth-order valence-electron chi connectivity index (χ4n) is 7.98. The molecule has 5 rings (SSSR count). The van der Waals surface area contributed by atoms with Crippen molar-refractivity contribution in [3.63, 3.8) is 0 Å². The van der Waals surface area contributed by atoms with E-state index in [1.54, 1.807) is 13.0 Å². The Labute approximate surface area is 208 Å². The highest BCUT2D eigenvalue weighted by molar-refractivity contribution is 6.07. The zero-order valence-corrected chi connectivity index (χ0v) is 21.6. The molecule has 0 N–H and O–H groups in total. The number of fused-ring (bicyclic) bond motifs is 4. The van der Waals surface area contributed by atoms with Gasteiger partial charge in [-0.2, -0.15) is 0 Å². The summed E-state index contributed by atoms with van der Waals surface area (Å²) in [4.78, 5) is 40.1. The van der Waals surface area contributed by atoms with E-state index in [4.69, 9.17) is 4.74 Å². The molecule has 0 aliphatic heterocycles.